The number of fused-ring (bicyclic) bond motifs is 1. The number of carbonyl (C=O) groups excluding carboxylic acids is 2. The van der Waals surface area contributed by atoms with E-state index < -0.39 is 0 Å². The number of carbonyl (C=O) groups is 2. The predicted octanol–water partition coefficient (Wildman–Crippen LogP) is 2.12. The van der Waals surface area contributed by atoms with E-state index in [-0.39, 0.29) is 30.3 Å². The minimum Gasteiger partial charge on any atom is -0.333 e. The summed E-state index contributed by atoms with van der Waals surface area (Å²) in [5.74, 6) is 0.0102. The van der Waals surface area contributed by atoms with Crippen LogP contribution in [-0.4, -0.2) is 44.5 Å². The Bertz CT molecular complexity index is 1150. The van der Waals surface area contributed by atoms with Gasteiger partial charge in [0, 0.05) is 19.9 Å². The Morgan fingerprint density at radius 3 is 2.79 bits per heavy atom. The Kier molecular flexibility index (Phi) is 5.22. The second kappa shape index (κ2) is 7.96. The van der Waals surface area contributed by atoms with Gasteiger partial charge in [-0.2, -0.15) is 5.10 Å². The number of hydrazone groups is 1. The van der Waals surface area contributed by atoms with Gasteiger partial charge in [-0.3, -0.25) is 14.4 Å². The lowest BCUT2D eigenvalue weighted by Crippen LogP contribution is -2.39. The average Bonchev–Trinajstić information content (AvgIpc) is 3.19. The Hall–Kier alpha value is -3.33. The molecular formula is C20H19N5O3S. The Labute approximate surface area is 170 Å². The first-order valence-electron chi connectivity index (χ1n) is 9.15. The topological polar surface area (TPSA) is 98.7 Å². The summed E-state index contributed by atoms with van der Waals surface area (Å²) in [5.41, 5.74) is 1.67. The van der Waals surface area contributed by atoms with E-state index >= 15 is 0 Å². The number of aromatic amines is 1. The summed E-state index contributed by atoms with van der Waals surface area (Å²) in [4.78, 5) is 45.7. The summed E-state index contributed by atoms with van der Waals surface area (Å²) in [6.07, 6.45) is 0.530. The highest BCUT2D eigenvalue weighted by atomic mass is 32.1. The van der Waals surface area contributed by atoms with Crippen LogP contribution in [0, 0.1) is 0 Å². The van der Waals surface area contributed by atoms with Crippen LogP contribution in [0.3, 0.4) is 0 Å². The van der Waals surface area contributed by atoms with Crippen molar-refractivity contribution in [3.8, 4) is 0 Å². The fraction of sp³-hybridized carbons (Fsp3) is 0.250. The maximum absolute atomic E-state index is 12.8. The molecule has 3 heterocycles. The van der Waals surface area contributed by atoms with Crippen LogP contribution in [0.1, 0.15) is 24.2 Å². The zero-order valence-electron chi connectivity index (χ0n) is 15.8. The minimum absolute atomic E-state index is 0.109. The van der Waals surface area contributed by atoms with Gasteiger partial charge in [-0.15, -0.1) is 11.3 Å². The molecule has 2 amide bonds. The van der Waals surface area contributed by atoms with Crippen LogP contribution < -0.4 is 5.56 Å². The van der Waals surface area contributed by atoms with Gasteiger partial charge in [-0.25, -0.2) is 9.99 Å². The SMILES string of the molecule is CN(Cc1nc2ccsc2c(=O)[nH]1)C(=O)C1=NN(Cc2ccccc2)C(=O)CC1. The normalized spacial score (nSPS) is 14.2. The van der Waals surface area contributed by atoms with Gasteiger partial charge in [0.25, 0.3) is 11.5 Å². The van der Waals surface area contributed by atoms with Crippen LogP contribution in [0.4, 0.5) is 0 Å². The van der Waals surface area contributed by atoms with Crippen LogP contribution in [0.5, 0.6) is 0 Å². The smallest absolute Gasteiger partial charge is 0.270 e. The molecule has 0 spiro atoms. The largest absolute Gasteiger partial charge is 0.333 e. The Balaban J connectivity index is 1.50. The third-order valence-electron chi connectivity index (χ3n) is 4.62. The van der Waals surface area contributed by atoms with E-state index in [0.29, 0.717) is 34.7 Å². The molecule has 1 aliphatic rings. The molecule has 0 saturated heterocycles. The highest BCUT2D eigenvalue weighted by Gasteiger charge is 2.26. The molecule has 1 aromatic carbocycles. The van der Waals surface area contributed by atoms with Crippen molar-refractivity contribution in [3.05, 3.63) is 63.5 Å². The van der Waals surface area contributed by atoms with Gasteiger partial charge in [0.15, 0.2) is 0 Å². The van der Waals surface area contributed by atoms with E-state index in [1.54, 1.807) is 18.5 Å². The van der Waals surface area contributed by atoms with E-state index in [1.807, 2.05) is 30.3 Å². The van der Waals surface area contributed by atoms with Crippen molar-refractivity contribution >= 4 is 39.1 Å². The molecule has 1 N–H and O–H groups in total. The predicted molar refractivity (Wildman–Crippen MR) is 110 cm³/mol. The number of H-pyrrole nitrogens is 1. The molecule has 0 unspecified atom stereocenters. The van der Waals surface area contributed by atoms with E-state index in [9.17, 15) is 14.4 Å². The summed E-state index contributed by atoms with van der Waals surface area (Å²) >= 11 is 1.33. The molecule has 1 aliphatic heterocycles. The third kappa shape index (κ3) is 4.09. The first kappa shape index (κ1) is 19.0. The lowest BCUT2D eigenvalue weighted by atomic mass is 10.1. The van der Waals surface area contributed by atoms with Gasteiger partial charge in [0.1, 0.15) is 16.2 Å². The molecule has 0 radical (unpaired) electrons. The lowest BCUT2D eigenvalue weighted by Gasteiger charge is -2.25. The van der Waals surface area contributed by atoms with Crippen molar-refractivity contribution < 1.29 is 9.59 Å². The molecule has 0 fully saturated rings. The summed E-state index contributed by atoms with van der Waals surface area (Å²) in [5, 5.41) is 7.45. The van der Waals surface area contributed by atoms with Crippen LogP contribution in [0.15, 0.2) is 51.7 Å². The van der Waals surface area contributed by atoms with Crippen molar-refractivity contribution in [2.45, 2.75) is 25.9 Å². The van der Waals surface area contributed by atoms with Crippen molar-refractivity contribution in [2.75, 3.05) is 7.05 Å². The number of benzene rings is 1. The first-order chi connectivity index (χ1) is 14.0. The molecule has 0 bridgehead atoms. The molecule has 8 nitrogen and oxygen atoms in total. The molecule has 4 rings (SSSR count). The molecule has 0 aliphatic carbocycles. The molecule has 0 atom stereocenters. The van der Waals surface area contributed by atoms with E-state index in [1.165, 1.54) is 21.2 Å². The van der Waals surface area contributed by atoms with E-state index in [0.717, 1.165) is 5.56 Å². The fourth-order valence-corrected chi connectivity index (χ4v) is 3.87. The number of rotatable bonds is 5. The van der Waals surface area contributed by atoms with Crippen LogP contribution in [-0.2, 0) is 22.7 Å². The minimum atomic E-state index is -0.288. The number of hydrogen-bond acceptors (Lipinski definition) is 6. The average molecular weight is 409 g/mol. The van der Waals surface area contributed by atoms with Gasteiger partial charge in [0.2, 0.25) is 5.91 Å². The van der Waals surface area contributed by atoms with E-state index in [4.69, 9.17) is 0 Å². The summed E-state index contributed by atoms with van der Waals surface area (Å²) in [6.45, 7) is 0.468. The molecule has 9 heteroatoms. The second-order valence-electron chi connectivity index (χ2n) is 6.79. The number of nitrogens with one attached hydrogen (secondary N) is 1. The summed E-state index contributed by atoms with van der Waals surface area (Å²) in [6, 6.07) is 11.3. The van der Waals surface area contributed by atoms with Crippen molar-refractivity contribution in [3.63, 3.8) is 0 Å². The fourth-order valence-electron chi connectivity index (χ4n) is 3.15. The summed E-state index contributed by atoms with van der Waals surface area (Å²) < 4.78 is 0.564. The first-order valence-corrected chi connectivity index (χ1v) is 10.0. The highest BCUT2D eigenvalue weighted by molar-refractivity contribution is 7.17. The van der Waals surface area contributed by atoms with Gasteiger partial charge in [-0.05, 0) is 17.0 Å². The van der Waals surface area contributed by atoms with Crippen LogP contribution in [0.2, 0.25) is 0 Å². The Morgan fingerprint density at radius 2 is 2.00 bits per heavy atom. The van der Waals surface area contributed by atoms with Crippen molar-refractivity contribution in [2.24, 2.45) is 5.10 Å². The Morgan fingerprint density at radius 1 is 1.21 bits per heavy atom. The molecule has 148 valence electrons. The van der Waals surface area contributed by atoms with Crippen molar-refractivity contribution in [1.29, 1.82) is 0 Å². The second-order valence-corrected chi connectivity index (χ2v) is 7.71. The van der Waals surface area contributed by atoms with Gasteiger partial charge < -0.3 is 9.88 Å². The zero-order chi connectivity index (χ0) is 20.4. The molecule has 3 aromatic rings. The van der Waals surface area contributed by atoms with Crippen molar-refractivity contribution in [1.82, 2.24) is 19.9 Å². The lowest BCUT2D eigenvalue weighted by molar-refractivity contribution is -0.132. The van der Waals surface area contributed by atoms with Gasteiger partial charge in [-0.1, -0.05) is 30.3 Å². The monoisotopic (exact) mass is 409 g/mol. The third-order valence-corrected chi connectivity index (χ3v) is 5.53. The number of aromatic nitrogens is 2. The highest BCUT2D eigenvalue weighted by Crippen LogP contribution is 2.16. The quantitative estimate of drug-likeness (QED) is 0.698. The van der Waals surface area contributed by atoms with Crippen LogP contribution >= 0.6 is 11.3 Å². The molecule has 29 heavy (non-hydrogen) atoms. The number of thiophene rings is 1. The molecule has 0 saturated carbocycles. The van der Waals surface area contributed by atoms with E-state index in [2.05, 4.69) is 15.1 Å². The van der Waals surface area contributed by atoms with Crippen LogP contribution in [0.25, 0.3) is 10.2 Å². The molecule has 2 aromatic heterocycles. The maximum atomic E-state index is 12.8. The number of nitrogens with zero attached hydrogens (tertiary/aromatic N) is 4. The maximum Gasteiger partial charge on any atom is 0.270 e. The zero-order valence-corrected chi connectivity index (χ0v) is 16.6. The number of hydrogen-bond donors (Lipinski definition) is 1. The van der Waals surface area contributed by atoms with Gasteiger partial charge >= 0.3 is 0 Å². The summed E-state index contributed by atoms with van der Waals surface area (Å²) in [7, 11) is 1.63. The standard InChI is InChI=1S/C20H19N5O3S/c1-24(12-16-21-14-9-10-29-18(14)19(27)22-16)20(28)15-7-8-17(26)25(23-15)11-13-5-3-2-4-6-13/h2-6,9-10H,7-8,11-12H2,1H3,(H,21,22,27). The molecular weight excluding hydrogens is 390 g/mol. The number of amides is 2. The van der Waals surface area contributed by atoms with Gasteiger partial charge in [0.05, 0.1) is 18.6 Å².